The minimum atomic E-state index is -1.32. The molecule has 0 saturated carbocycles. The van der Waals surface area contributed by atoms with Gasteiger partial charge in [-0.25, -0.2) is 9.59 Å². The molecule has 0 aromatic carbocycles. The maximum atomic E-state index is 11.4. The Labute approximate surface area is 94.8 Å². The van der Waals surface area contributed by atoms with E-state index in [-0.39, 0.29) is 26.4 Å². The summed E-state index contributed by atoms with van der Waals surface area (Å²) in [5, 5.41) is 0. The standard InChI is InChI=1S/C10H18O6/c1-4-14-9(11)8(10(12)15-5-2)16-7-6-13-3/h8H,4-7H2,1-3H3. The van der Waals surface area contributed by atoms with Crippen LogP contribution in [0.25, 0.3) is 0 Å². The maximum Gasteiger partial charge on any atom is 0.347 e. The van der Waals surface area contributed by atoms with Gasteiger partial charge in [0.1, 0.15) is 0 Å². The molecule has 0 bridgehead atoms. The van der Waals surface area contributed by atoms with Crippen molar-refractivity contribution < 1.29 is 28.5 Å². The fourth-order valence-corrected chi connectivity index (χ4v) is 0.917. The number of esters is 2. The lowest BCUT2D eigenvalue weighted by atomic mass is 10.3. The quantitative estimate of drug-likeness (QED) is 0.338. The lowest BCUT2D eigenvalue weighted by Crippen LogP contribution is -2.37. The van der Waals surface area contributed by atoms with Gasteiger partial charge in [0.05, 0.1) is 26.4 Å². The van der Waals surface area contributed by atoms with Gasteiger partial charge < -0.3 is 18.9 Å². The van der Waals surface area contributed by atoms with Gasteiger partial charge >= 0.3 is 11.9 Å². The predicted molar refractivity (Wildman–Crippen MR) is 54.9 cm³/mol. The highest BCUT2D eigenvalue weighted by Gasteiger charge is 2.30. The number of hydrogen-bond acceptors (Lipinski definition) is 6. The Bertz CT molecular complexity index is 197. The van der Waals surface area contributed by atoms with Crippen molar-refractivity contribution in [2.75, 3.05) is 33.5 Å². The lowest BCUT2D eigenvalue weighted by Gasteiger charge is -2.14. The van der Waals surface area contributed by atoms with Crippen LogP contribution >= 0.6 is 0 Å². The second-order valence-electron chi connectivity index (χ2n) is 2.75. The Morgan fingerprint density at radius 2 is 1.50 bits per heavy atom. The first-order valence-corrected chi connectivity index (χ1v) is 5.11. The molecule has 0 atom stereocenters. The molecule has 0 aliphatic carbocycles. The molecule has 0 N–H and O–H groups in total. The predicted octanol–water partition coefficient (Wildman–Crippen LogP) is 0.144. The van der Waals surface area contributed by atoms with Crippen molar-refractivity contribution in [3.8, 4) is 0 Å². The molecule has 6 heteroatoms. The van der Waals surface area contributed by atoms with E-state index in [4.69, 9.17) is 18.9 Å². The molecule has 0 spiro atoms. The maximum absolute atomic E-state index is 11.4. The Kier molecular flexibility index (Phi) is 8.46. The SMILES string of the molecule is CCOC(=O)C(OCCOC)C(=O)OCC. The fraction of sp³-hybridized carbons (Fsp3) is 0.800. The second-order valence-corrected chi connectivity index (χ2v) is 2.75. The Morgan fingerprint density at radius 3 is 1.88 bits per heavy atom. The molecule has 16 heavy (non-hydrogen) atoms. The molecule has 0 fully saturated rings. The third-order valence-electron chi connectivity index (χ3n) is 1.57. The van der Waals surface area contributed by atoms with Crippen molar-refractivity contribution in [2.24, 2.45) is 0 Å². The van der Waals surface area contributed by atoms with Crippen molar-refractivity contribution in [2.45, 2.75) is 20.0 Å². The Balaban J connectivity index is 4.25. The van der Waals surface area contributed by atoms with Crippen LogP contribution in [0.1, 0.15) is 13.8 Å². The van der Waals surface area contributed by atoms with E-state index in [2.05, 4.69) is 0 Å². The largest absolute Gasteiger partial charge is 0.464 e. The molecule has 94 valence electrons. The van der Waals surface area contributed by atoms with Crippen molar-refractivity contribution >= 4 is 11.9 Å². The van der Waals surface area contributed by atoms with E-state index < -0.39 is 18.0 Å². The smallest absolute Gasteiger partial charge is 0.347 e. The number of hydrogen-bond donors (Lipinski definition) is 0. The zero-order valence-electron chi connectivity index (χ0n) is 9.86. The molecule has 0 rings (SSSR count). The number of carbonyl (C=O) groups excluding carboxylic acids is 2. The second kappa shape index (κ2) is 9.11. The van der Waals surface area contributed by atoms with E-state index in [1.165, 1.54) is 7.11 Å². The van der Waals surface area contributed by atoms with Gasteiger partial charge in [-0.1, -0.05) is 0 Å². The van der Waals surface area contributed by atoms with Crippen LogP contribution in [-0.2, 0) is 28.5 Å². The van der Waals surface area contributed by atoms with E-state index in [0.717, 1.165) is 0 Å². The van der Waals surface area contributed by atoms with Gasteiger partial charge in [0.25, 0.3) is 6.10 Å². The summed E-state index contributed by atoms with van der Waals surface area (Å²) in [7, 11) is 1.49. The van der Waals surface area contributed by atoms with Crippen molar-refractivity contribution in [3.05, 3.63) is 0 Å². The van der Waals surface area contributed by atoms with Gasteiger partial charge in [-0.2, -0.15) is 0 Å². The van der Waals surface area contributed by atoms with Crippen molar-refractivity contribution in [1.82, 2.24) is 0 Å². The van der Waals surface area contributed by atoms with E-state index in [1.54, 1.807) is 13.8 Å². The van der Waals surface area contributed by atoms with E-state index >= 15 is 0 Å². The molecule has 0 saturated heterocycles. The molecular weight excluding hydrogens is 216 g/mol. The van der Waals surface area contributed by atoms with Crippen LogP contribution in [0.5, 0.6) is 0 Å². The summed E-state index contributed by atoms with van der Waals surface area (Å²) in [5.74, 6) is -1.48. The summed E-state index contributed by atoms with van der Waals surface area (Å²) in [4.78, 5) is 22.7. The van der Waals surface area contributed by atoms with Gasteiger partial charge in [0.15, 0.2) is 0 Å². The van der Waals surface area contributed by atoms with Crippen LogP contribution in [0.3, 0.4) is 0 Å². The van der Waals surface area contributed by atoms with Gasteiger partial charge in [-0.15, -0.1) is 0 Å². The van der Waals surface area contributed by atoms with Gasteiger partial charge in [-0.3, -0.25) is 0 Å². The topological polar surface area (TPSA) is 71.1 Å². The molecule has 0 heterocycles. The third kappa shape index (κ3) is 5.67. The number of methoxy groups -OCH3 is 1. The highest BCUT2D eigenvalue weighted by molar-refractivity contribution is 5.98. The molecule has 0 aliphatic rings. The summed E-state index contributed by atoms with van der Waals surface area (Å²) in [6.45, 7) is 4.07. The van der Waals surface area contributed by atoms with Crippen LogP contribution in [0.4, 0.5) is 0 Å². The summed E-state index contributed by atoms with van der Waals surface area (Å²) in [6, 6.07) is 0. The Hall–Kier alpha value is -1.14. The van der Waals surface area contributed by atoms with Crippen LogP contribution in [0.2, 0.25) is 0 Å². The first-order valence-electron chi connectivity index (χ1n) is 5.11. The van der Waals surface area contributed by atoms with Crippen LogP contribution in [0, 0.1) is 0 Å². The van der Waals surface area contributed by atoms with E-state index in [9.17, 15) is 9.59 Å². The number of carbonyl (C=O) groups is 2. The summed E-state index contributed by atoms with van der Waals surface area (Å²) < 4.78 is 19.2. The molecule has 0 amide bonds. The van der Waals surface area contributed by atoms with Gasteiger partial charge in [-0.05, 0) is 13.8 Å². The average Bonchev–Trinajstić information content (AvgIpc) is 2.25. The van der Waals surface area contributed by atoms with Crippen molar-refractivity contribution in [3.63, 3.8) is 0 Å². The first kappa shape index (κ1) is 14.9. The molecule has 6 nitrogen and oxygen atoms in total. The third-order valence-corrected chi connectivity index (χ3v) is 1.57. The van der Waals surface area contributed by atoms with Crippen molar-refractivity contribution in [1.29, 1.82) is 0 Å². The summed E-state index contributed by atoms with van der Waals surface area (Å²) in [6.07, 6.45) is -1.32. The zero-order chi connectivity index (χ0) is 12.4. The Morgan fingerprint density at radius 1 is 1.00 bits per heavy atom. The van der Waals surface area contributed by atoms with Crippen LogP contribution in [-0.4, -0.2) is 51.6 Å². The highest BCUT2D eigenvalue weighted by Crippen LogP contribution is 2.00. The molecule has 0 aromatic heterocycles. The minimum absolute atomic E-state index is 0.124. The number of ether oxygens (including phenoxy) is 4. The fourth-order valence-electron chi connectivity index (χ4n) is 0.917. The normalized spacial score (nSPS) is 10.2. The van der Waals surface area contributed by atoms with Crippen LogP contribution < -0.4 is 0 Å². The van der Waals surface area contributed by atoms with E-state index in [0.29, 0.717) is 0 Å². The van der Waals surface area contributed by atoms with E-state index in [1.807, 2.05) is 0 Å². The van der Waals surface area contributed by atoms with Crippen LogP contribution in [0.15, 0.2) is 0 Å². The monoisotopic (exact) mass is 234 g/mol. The minimum Gasteiger partial charge on any atom is -0.464 e. The van der Waals surface area contributed by atoms with Gasteiger partial charge in [0, 0.05) is 7.11 Å². The zero-order valence-corrected chi connectivity index (χ0v) is 9.86. The molecule has 0 aromatic rings. The summed E-state index contributed by atoms with van der Waals surface area (Å²) >= 11 is 0. The van der Waals surface area contributed by atoms with Gasteiger partial charge in [0.2, 0.25) is 0 Å². The molecule has 0 aliphatic heterocycles. The molecular formula is C10H18O6. The summed E-state index contributed by atoms with van der Waals surface area (Å²) in [5.41, 5.74) is 0. The lowest BCUT2D eigenvalue weighted by molar-refractivity contribution is -0.173. The molecule has 0 radical (unpaired) electrons. The molecule has 0 unspecified atom stereocenters. The highest BCUT2D eigenvalue weighted by atomic mass is 16.6. The first-order chi connectivity index (χ1) is 7.67. The number of rotatable bonds is 8. The average molecular weight is 234 g/mol.